The van der Waals surface area contributed by atoms with Crippen LogP contribution in [0.2, 0.25) is 0 Å². The SMILES string of the molecule is CCN(C1=C(c2ccc(F)cc2)C(=O)N(c2ccc(F)cc2F)C1=O)c1ccccc1. The van der Waals surface area contributed by atoms with E-state index in [0.717, 1.165) is 12.1 Å². The first kappa shape index (κ1) is 20.4. The molecule has 1 heterocycles. The first-order valence-corrected chi connectivity index (χ1v) is 9.59. The largest absolute Gasteiger partial charge is 0.337 e. The van der Waals surface area contributed by atoms with Crippen molar-refractivity contribution in [3.8, 4) is 0 Å². The fourth-order valence-electron chi connectivity index (χ4n) is 3.60. The number of carbonyl (C=O) groups excluding carboxylic acids is 2. The molecule has 0 saturated heterocycles. The van der Waals surface area contributed by atoms with Crippen LogP contribution < -0.4 is 9.80 Å². The number of para-hydroxylation sites is 1. The molecule has 0 saturated carbocycles. The molecule has 0 radical (unpaired) electrons. The van der Waals surface area contributed by atoms with Gasteiger partial charge in [-0.05, 0) is 48.9 Å². The van der Waals surface area contributed by atoms with Gasteiger partial charge >= 0.3 is 0 Å². The summed E-state index contributed by atoms with van der Waals surface area (Å²) < 4.78 is 41.4. The van der Waals surface area contributed by atoms with Crippen molar-refractivity contribution in [1.29, 1.82) is 0 Å². The van der Waals surface area contributed by atoms with Crippen molar-refractivity contribution in [3.63, 3.8) is 0 Å². The van der Waals surface area contributed by atoms with Gasteiger partial charge in [0.2, 0.25) is 0 Å². The molecule has 3 aromatic carbocycles. The predicted molar refractivity (Wildman–Crippen MR) is 112 cm³/mol. The molecular formula is C24H17F3N2O2. The van der Waals surface area contributed by atoms with E-state index < -0.39 is 29.3 Å². The molecule has 0 aliphatic carbocycles. The van der Waals surface area contributed by atoms with Crippen molar-refractivity contribution >= 4 is 28.8 Å². The molecule has 0 N–H and O–H groups in total. The van der Waals surface area contributed by atoms with Gasteiger partial charge in [-0.1, -0.05) is 30.3 Å². The number of nitrogens with zero attached hydrogens (tertiary/aromatic N) is 2. The molecule has 0 atom stereocenters. The summed E-state index contributed by atoms with van der Waals surface area (Å²) in [4.78, 5) is 29.1. The Morgan fingerprint density at radius 2 is 1.45 bits per heavy atom. The lowest BCUT2D eigenvalue weighted by Gasteiger charge is -2.25. The van der Waals surface area contributed by atoms with Gasteiger partial charge in [-0.2, -0.15) is 0 Å². The smallest absolute Gasteiger partial charge is 0.282 e. The van der Waals surface area contributed by atoms with Gasteiger partial charge in [0.25, 0.3) is 11.8 Å². The monoisotopic (exact) mass is 422 g/mol. The summed E-state index contributed by atoms with van der Waals surface area (Å²) in [6, 6.07) is 16.7. The molecule has 31 heavy (non-hydrogen) atoms. The third-order valence-corrected chi connectivity index (χ3v) is 5.00. The summed E-state index contributed by atoms with van der Waals surface area (Å²) >= 11 is 0. The highest BCUT2D eigenvalue weighted by molar-refractivity contribution is 6.46. The lowest BCUT2D eigenvalue weighted by Crippen LogP contribution is -2.36. The number of likely N-dealkylation sites (N-methyl/N-ethyl adjacent to an activating group) is 1. The molecule has 7 heteroatoms. The van der Waals surface area contributed by atoms with E-state index in [-0.39, 0.29) is 17.0 Å². The van der Waals surface area contributed by atoms with Crippen LogP contribution in [0, 0.1) is 17.5 Å². The van der Waals surface area contributed by atoms with Crippen LogP contribution >= 0.6 is 0 Å². The minimum atomic E-state index is -1.04. The van der Waals surface area contributed by atoms with Gasteiger partial charge < -0.3 is 4.90 Å². The number of benzene rings is 3. The molecular weight excluding hydrogens is 405 g/mol. The minimum Gasteiger partial charge on any atom is -0.337 e. The Labute approximate surface area is 176 Å². The van der Waals surface area contributed by atoms with Crippen molar-refractivity contribution in [1.82, 2.24) is 0 Å². The van der Waals surface area contributed by atoms with Gasteiger partial charge in [-0.15, -0.1) is 0 Å². The van der Waals surface area contributed by atoms with Gasteiger partial charge in [0.1, 0.15) is 23.1 Å². The third kappa shape index (κ3) is 3.59. The van der Waals surface area contributed by atoms with Crippen LogP contribution in [-0.2, 0) is 9.59 Å². The Balaban J connectivity index is 1.92. The molecule has 0 spiro atoms. The van der Waals surface area contributed by atoms with Crippen LogP contribution in [-0.4, -0.2) is 18.4 Å². The Bertz CT molecular complexity index is 1190. The number of amides is 2. The van der Waals surface area contributed by atoms with Crippen molar-refractivity contribution in [3.05, 3.63) is 102 Å². The van der Waals surface area contributed by atoms with E-state index in [4.69, 9.17) is 0 Å². The Kier molecular flexibility index (Phi) is 5.33. The van der Waals surface area contributed by atoms with Gasteiger partial charge in [-0.3, -0.25) is 9.59 Å². The van der Waals surface area contributed by atoms with E-state index in [9.17, 15) is 22.8 Å². The summed E-state index contributed by atoms with van der Waals surface area (Å²) in [5.41, 5.74) is 0.667. The van der Waals surface area contributed by atoms with E-state index >= 15 is 0 Å². The van der Waals surface area contributed by atoms with E-state index in [1.54, 1.807) is 36.1 Å². The van der Waals surface area contributed by atoms with Crippen molar-refractivity contribution in [2.75, 3.05) is 16.3 Å². The second-order valence-electron chi connectivity index (χ2n) is 6.85. The zero-order valence-corrected chi connectivity index (χ0v) is 16.5. The average molecular weight is 422 g/mol. The first-order valence-electron chi connectivity index (χ1n) is 9.59. The molecule has 3 aromatic rings. The van der Waals surface area contributed by atoms with E-state index in [1.807, 2.05) is 6.07 Å². The molecule has 156 valence electrons. The van der Waals surface area contributed by atoms with Crippen molar-refractivity contribution in [2.24, 2.45) is 0 Å². The molecule has 0 bridgehead atoms. The Morgan fingerprint density at radius 1 is 0.806 bits per heavy atom. The minimum absolute atomic E-state index is 0.0134. The molecule has 0 fully saturated rings. The maximum atomic E-state index is 14.5. The van der Waals surface area contributed by atoms with E-state index in [0.29, 0.717) is 28.8 Å². The second-order valence-corrected chi connectivity index (χ2v) is 6.85. The van der Waals surface area contributed by atoms with Crippen molar-refractivity contribution < 1.29 is 22.8 Å². The van der Waals surface area contributed by atoms with Gasteiger partial charge in [-0.25, -0.2) is 18.1 Å². The summed E-state index contributed by atoms with van der Waals surface area (Å²) in [7, 11) is 0. The number of carbonyl (C=O) groups is 2. The topological polar surface area (TPSA) is 40.6 Å². The predicted octanol–water partition coefficient (Wildman–Crippen LogP) is 4.91. The number of hydrogen-bond donors (Lipinski definition) is 0. The Hall–Kier alpha value is -3.87. The zero-order valence-electron chi connectivity index (χ0n) is 16.5. The summed E-state index contributed by atoms with van der Waals surface area (Å²) in [6.07, 6.45) is 0. The number of hydrogen-bond acceptors (Lipinski definition) is 3. The molecule has 0 aromatic heterocycles. The summed E-state index contributed by atoms with van der Waals surface area (Å²) in [5, 5.41) is 0. The number of imide groups is 1. The fraction of sp³-hybridized carbons (Fsp3) is 0.0833. The molecule has 4 rings (SSSR count). The normalized spacial score (nSPS) is 13.9. The van der Waals surface area contributed by atoms with Crippen LogP contribution in [0.15, 0.2) is 78.5 Å². The molecule has 1 aliphatic rings. The summed E-state index contributed by atoms with van der Waals surface area (Å²) in [6.45, 7) is 2.14. The van der Waals surface area contributed by atoms with E-state index in [1.165, 1.54) is 24.3 Å². The van der Waals surface area contributed by atoms with Crippen LogP contribution in [0.3, 0.4) is 0 Å². The lowest BCUT2D eigenvalue weighted by molar-refractivity contribution is -0.120. The number of anilines is 2. The van der Waals surface area contributed by atoms with Crippen LogP contribution in [0.5, 0.6) is 0 Å². The lowest BCUT2D eigenvalue weighted by atomic mass is 10.0. The number of rotatable bonds is 5. The highest BCUT2D eigenvalue weighted by atomic mass is 19.1. The average Bonchev–Trinajstić information content (AvgIpc) is 3.01. The van der Waals surface area contributed by atoms with Crippen LogP contribution in [0.25, 0.3) is 5.57 Å². The Morgan fingerprint density at radius 3 is 2.06 bits per heavy atom. The van der Waals surface area contributed by atoms with Gasteiger partial charge in [0, 0.05) is 18.3 Å². The quantitative estimate of drug-likeness (QED) is 0.549. The molecule has 2 amide bonds. The second kappa shape index (κ2) is 8.10. The molecule has 0 unspecified atom stereocenters. The standard InChI is InChI=1S/C24H17F3N2O2/c1-2-28(18-6-4-3-5-7-18)22-21(15-8-10-16(25)11-9-15)23(30)29(24(22)31)20-13-12-17(26)14-19(20)27/h3-14H,2H2,1H3. The highest BCUT2D eigenvalue weighted by Gasteiger charge is 2.43. The van der Waals surface area contributed by atoms with Gasteiger partial charge in [0.05, 0.1) is 11.3 Å². The fourth-order valence-corrected chi connectivity index (χ4v) is 3.60. The maximum Gasteiger partial charge on any atom is 0.282 e. The van der Waals surface area contributed by atoms with Crippen LogP contribution in [0.4, 0.5) is 24.5 Å². The maximum absolute atomic E-state index is 14.5. The first-order chi connectivity index (χ1) is 14.9. The van der Waals surface area contributed by atoms with E-state index in [2.05, 4.69) is 0 Å². The zero-order chi connectivity index (χ0) is 22.1. The molecule has 1 aliphatic heterocycles. The molecule has 4 nitrogen and oxygen atoms in total. The van der Waals surface area contributed by atoms with Crippen LogP contribution in [0.1, 0.15) is 12.5 Å². The van der Waals surface area contributed by atoms with Gasteiger partial charge in [0.15, 0.2) is 0 Å². The number of halogens is 3. The van der Waals surface area contributed by atoms with Crippen molar-refractivity contribution in [2.45, 2.75) is 6.92 Å². The summed E-state index contributed by atoms with van der Waals surface area (Å²) in [5.74, 6) is -3.89. The highest BCUT2D eigenvalue weighted by Crippen LogP contribution is 2.37. The third-order valence-electron chi connectivity index (χ3n) is 5.00.